The molecule has 1 aliphatic heterocycles. The molecule has 0 amide bonds. The van der Waals surface area contributed by atoms with E-state index >= 15 is 0 Å². The van der Waals surface area contributed by atoms with E-state index in [2.05, 4.69) is 4.72 Å². The Hall–Kier alpha value is -0.660. The number of hydrogen-bond acceptors (Lipinski definition) is 4. The zero-order chi connectivity index (χ0) is 14.6. The summed E-state index contributed by atoms with van der Waals surface area (Å²) < 4.78 is 31.8. The summed E-state index contributed by atoms with van der Waals surface area (Å²) in [6, 6.07) is -1.01. The molecule has 1 aliphatic carbocycles. The van der Waals surface area contributed by atoms with Gasteiger partial charge in [-0.1, -0.05) is 19.3 Å². The first-order chi connectivity index (χ1) is 9.46. The largest absolute Gasteiger partial charge is 0.480 e. The third kappa shape index (κ3) is 4.71. The van der Waals surface area contributed by atoms with E-state index in [0.29, 0.717) is 18.9 Å². The van der Waals surface area contributed by atoms with E-state index < -0.39 is 22.0 Å². The summed E-state index contributed by atoms with van der Waals surface area (Å²) in [5.41, 5.74) is 0. The van der Waals surface area contributed by atoms with Crippen LogP contribution in [0.25, 0.3) is 0 Å². The van der Waals surface area contributed by atoms with Gasteiger partial charge in [-0.3, -0.25) is 4.79 Å². The number of nitrogens with one attached hydrogen (secondary N) is 1. The third-order valence-corrected chi connectivity index (χ3v) is 5.55. The molecule has 20 heavy (non-hydrogen) atoms. The highest BCUT2D eigenvalue weighted by Crippen LogP contribution is 2.30. The van der Waals surface area contributed by atoms with Crippen molar-refractivity contribution in [1.82, 2.24) is 4.72 Å². The number of carboxylic acids is 1. The Labute approximate surface area is 119 Å². The van der Waals surface area contributed by atoms with E-state index in [1.807, 2.05) is 0 Å². The van der Waals surface area contributed by atoms with E-state index in [0.717, 1.165) is 38.5 Å². The monoisotopic (exact) mass is 305 g/mol. The fourth-order valence-electron chi connectivity index (χ4n) is 2.71. The molecule has 0 aromatic carbocycles. The van der Waals surface area contributed by atoms with E-state index in [-0.39, 0.29) is 11.9 Å². The molecule has 2 aliphatic rings. The molecule has 1 saturated carbocycles. The maximum Gasteiger partial charge on any atom is 0.321 e. The number of carbonyl (C=O) groups is 1. The van der Waals surface area contributed by atoms with E-state index in [9.17, 15) is 13.2 Å². The summed E-state index contributed by atoms with van der Waals surface area (Å²) in [6.07, 6.45) is 5.84. The van der Waals surface area contributed by atoms with E-state index in [1.165, 1.54) is 0 Å². The van der Waals surface area contributed by atoms with Crippen LogP contribution in [0, 0.1) is 5.92 Å². The van der Waals surface area contributed by atoms with Gasteiger partial charge < -0.3 is 9.84 Å². The summed E-state index contributed by atoms with van der Waals surface area (Å²) in [5.74, 6) is -0.892. The van der Waals surface area contributed by atoms with Crippen LogP contribution in [0.2, 0.25) is 0 Å². The van der Waals surface area contributed by atoms with Crippen molar-refractivity contribution in [2.24, 2.45) is 5.92 Å². The summed E-state index contributed by atoms with van der Waals surface area (Å²) in [4.78, 5) is 11.2. The maximum absolute atomic E-state index is 12.0. The normalized spacial score (nSPS) is 25.9. The van der Waals surface area contributed by atoms with Gasteiger partial charge in [0.15, 0.2) is 0 Å². The Morgan fingerprint density at radius 3 is 2.50 bits per heavy atom. The quantitative estimate of drug-likeness (QED) is 0.735. The number of ether oxygens (including phenoxy) is 1. The number of sulfonamides is 1. The van der Waals surface area contributed by atoms with Crippen molar-refractivity contribution in [3.63, 3.8) is 0 Å². The van der Waals surface area contributed by atoms with Gasteiger partial charge in [0.25, 0.3) is 0 Å². The van der Waals surface area contributed by atoms with Crippen molar-refractivity contribution in [3.8, 4) is 0 Å². The van der Waals surface area contributed by atoms with Gasteiger partial charge in [-0.05, 0) is 31.6 Å². The Balaban J connectivity index is 1.87. The molecule has 2 rings (SSSR count). The first-order valence-electron chi connectivity index (χ1n) is 7.31. The molecule has 0 aromatic heterocycles. The Bertz CT molecular complexity index is 426. The van der Waals surface area contributed by atoms with E-state index in [1.54, 1.807) is 0 Å². The Morgan fingerprint density at radius 1 is 1.25 bits per heavy atom. The number of carboxylic acid groups (broad SMARTS) is 1. The van der Waals surface area contributed by atoms with Crippen LogP contribution in [0.4, 0.5) is 0 Å². The Kier molecular flexibility index (Phi) is 5.40. The minimum absolute atomic E-state index is 0.137. The second kappa shape index (κ2) is 6.87. The van der Waals surface area contributed by atoms with Crippen molar-refractivity contribution < 1.29 is 23.1 Å². The molecule has 2 N–H and O–H groups in total. The molecule has 7 heteroatoms. The smallest absolute Gasteiger partial charge is 0.321 e. The predicted octanol–water partition coefficient (Wildman–Crippen LogP) is 1.12. The van der Waals surface area contributed by atoms with Crippen molar-refractivity contribution in [3.05, 3.63) is 0 Å². The molecular formula is C13H23NO5S. The van der Waals surface area contributed by atoms with Crippen molar-refractivity contribution in [1.29, 1.82) is 0 Å². The molecule has 116 valence electrons. The number of hydrogen-bond donors (Lipinski definition) is 2. The Morgan fingerprint density at radius 2 is 2.00 bits per heavy atom. The first kappa shape index (κ1) is 15.7. The third-order valence-electron chi connectivity index (χ3n) is 4.09. The summed E-state index contributed by atoms with van der Waals surface area (Å²) in [5, 5.41) is 9.15. The molecule has 2 unspecified atom stereocenters. The summed E-state index contributed by atoms with van der Waals surface area (Å²) in [6.45, 7) is 0.588. The van der Waals surface area contributed by atoms with Gasteiger partial charge in [0.05, 0.1) is 11.9 Å². The molecule has 0 bridgehead atoms. The molecule has 6 nitrogen and oxygen atoms in total. The second-order valence-electron chi connectivity index (χ2n) is 5.81. The van der Waals surface area contributed by atoms with Gasteiger partial charge in [-0.2, -0.15) is 0 Å². The minimum Gasteiger partial charge on any atom is -0.480 e. The minimum atomic E-state index is -3.61. The summed E-state index contributed by atoms with van der Waals surface area (Å²) in [7, 11) is -3.61. The number of aliphatic carboxylic acids is 1. The van der Waals surface area contributed by atoms with Crippen LogP contribution in [0.15, 0.2) is 0 Å². The van der Waals surface area contributed by atoms with Gasteiger partial charge >= 0.3 is 5.97 Å². The zero-order valence-electron chi connectivity index (χ0n) is 11.6. The fourth-order valence-corrected chi connectivity index (χ4v) is 4.19. The zero-order valence-corrected chi connectivity index (χ0v) is 12.4. The van der Waals surface area contributed by atoms with Crippen molar-refractivity contribution >= 4 is 16.0 Å². The number of rotatable bonds is 7. The van der Waals surface area contributed by atoms with Gasteiger partial charge in [0.1, 0.15) is 6.04 Å². The maximum atomic E-state index is 12.0. The standard InChI is InChI=1S/C13H23NO5S/c15-13(16)12(8-10-4-3-5-10)14-20(17,18)9-11-6-1-2-7-19-11/h10-12,14H,1-9H2,(H,15,16). The summed E-state index contributed by atoms with van der Waals surface area (Å²) >= 11 is 0. The molecule has 0 aromatic rings. The average molecular weight is 305 g/mol. The fraction of sp³-hybridized carbons (Fsp3) is 0.923. The lowest BCUT2D eigenvalue weighted by molar-refractivity contribution is -0.139. The van der Waals surface area contributed by atoms with Crippen LogP contribution in [0.3, 0.4) is 0 Å². The van der Waals surface area contributed by atoms with Gasteiger partial charge in [0, 0.05) is 6.61 Å². The van der Waals surface area contributed by atoms with Crippen LogP contribution in [0.1, 0.15) is 44.9 Å². The average Bonchev–Trinajstić information content (AvgIpc) is 2.32. The molecule has 2 atom stereocenters. The highest BCUT2D eigenvalue weighted by Gasteiger charge is 2.31. The predicted molar refractivity (Wildman–Crippen MR) is 73.9 cm³/mol. The molecular weight excluding hydrogens is 282 g/mol. The highest BCUT2D eigenvalue weighted by molar-refractivity contribution is 7.89. The van der Waals surface area contributed by atoms with E-state index in [4.69, 9.17) is 9.84 Å². The van der Waals surface area contributed by atoms with Crippen LogP contribution in [-0.2, 0) is 19.6 Å². The van der Waals surface area contributed by atoms with Crippen molar-refractivity contribution in [2.75, 3.05) is 12.4 Å². The lowest BCUT2D eigenvalue weighted by atomic mass is 9.81. The second-order valence-corrected chi connectivity index (χ2v) is 7.61. The van der Waals surface area contributed by atoms with Crippen molar-refractivity contribution in [2.45, 2.75) is 57.1 Å². The molecule has 2 fully saturated rings. The van der Waals surface area contributed by atoms with Gasteiger partial charge in [0.2, 0.25) is 10.0 Å². The van der Waals surface area contributed by atoms with Crippen LogP contribution < -0.4 is 4.72 Å². The lowest BCUT2D eigenvalue weighted by Crippen LogP contribution is -2.45. The van der Waals surface area contributed by atoms with Gasteiger partial charge in [-0.25, -0.2) is 13.1 Å². The van der Waals surface area contributed by atoms with Crippen LogP contribution in [0.5, 0.6) is 0 Å². The van der Waals surface area contributed by atoms with Gasteiger partial charge in [-0.15, -0.1) is 0 Å². The van der Waals surface area contributed by atoms with Crippen LogP contribution >= 0.6 is 0 Å². The topological polar surface area (TPSA) is 92.7 Å². The lowest BCUT2D eigenvalue weighted by Gasteiger charge is -2.29. The SMILES string of the molecule is O=C(O)C(CC1CCC1)NS(=O)(=O)CC1CCCCO1. The molecule has 0 spiro atoms. The molecule has 0 radical (unpaired) electrons. The first-order valence-corrected chi connectivity index (χ1v) is 8.96. The molecule has 1 heterocycles. The highest BCUT2D eigenvalue weighted by atomic mass is 32.2. The van der Waals surface area contributed by atoms with Crippen LogP contribution in [-0.4, -0.2) is 44.0 Å². The molecule has 1 saturated heterocycles.